The maximum Gasteiger partial charge on any atom is 0.339 e. The monoisotopic (exact) mass is 247 g/mol. The van der Waals surface area contributed by atoms with Gasteiger partial charge in [-0.2, -0.15) is 0 Å². The third-order valence-corrected chi connectivity index (χ3v) is 2.76. The van der Waals surface area contributed by atoms with E-state index in [0.717, 1.165) is 0 Å². The number of hydrogen-bond acceptors (Lipinski definition) is 3. The smallest absolute Gasteiger partial charge is 0.339 e. The van der Waals surface area contributed by atoms with Crippen LogP contribution in [-0.2, 0) is 4.74 Å². The third-order valence-electron chi connectivity index (χ3n) is 1.89. The van der Waals surface area contributed by atoms with Gasteiger partial charge in [0.25, 0.3) is 0 Å². The molecule has 90 valence electrons. The SMILES string of the molecule is CCOC(=O)c1ccncc1C#C[Si](C)(C)C. The lowest BCUT2D eigenvalue weighted by Crippen LogP contribution is -2.16. The summed E-state index contributed by atoms with van der Waals surface area (Å²) in [6.07, 6.45) is 3.19. The summed E-state index contributed by atoms with van der Waals surface area (Å²) < 4.78 is 4.98. The van der Waals surface area contributed by atoms with E-state index in [2.05, 4.69) is 36.1 Å². The van der Waals surface area contributed by atoms with E-state index in [9.17, 15) is 4.79 Å². The molecule has 0 unspecified atom stereocenters. The number of nitrogens with zero attached hydrogens (tertiary/aromatic N) is 1. The molecule has 0 spiro atoms. The van der Waals surface area contributed by atoms with Crippen LogP contribution in [0.15, 0.2) is 18.5 Å². The highest BCUT2D eigenvalue weighted by molar-refractivity contribution is 6.83. The minimum absolute atomic E-state index is 0.338. The summed E-state index contributed by atoms with van der Waals surface area (Å²) >= 11 is 0. The summed E-state index contributed by atoms with van der Waals surface area (Å²) in [6.45, 7) is 8.61. The largest absolute Gasteiger partial charge is 0.462 e. The van der Waals surface area contributed by atoms with E-state index in [4.69, 9.17) is 4.74 Å². The van der Waals surface area contributed by atoms with Crippen molar-refractivity contribution in [3.05, 3.63) is 29.6 Å². The Morgan fingerprint density at radius 1 is 1.47 bits per heavy atom. The van der Waals surface area contributed by atoms with Crippen molar-refractivity contribution in [2.75, 3.05) is 6.61 Å². The Kier molecular flexibility index (Phi) is 4.47. The Labute approximate surface area is 103 Å². The number of carbonyl (C=O) groups excluding carboxylic acids is 1. The van der Waals surface area contributed by atoms with Crippen LogP contribution in [0.4, 0.5) is 0 Å². The average Bonchev–Trinajstić information content (AvgIpc) is 2.26. The Bertz CT molecular complexity index is 466. The van der Waals surface area contributed by atoms with Crippen LogP contribution >= 0.6 is 0 Å². The fourth-order valence-corrected chi connectivity index (χ4v) is 1.65. The number of ether oxygens (including phenoxy) is 1. The first-order valence-electron chi connectivity index (χ1n) is 5.58. The molecule has 0 aliphatic rings. The van der Waals surface area contributed by atoms with Gasteiger partial charge in [0.05, 0.1) is 17.7 Å². The number of pyridine rings is 1. The van der Waals surface area contributed by atoms with Crippen molar-refractivity contribution >= 4 is 14.0 Å². The first-order valence-corrected chi connectivity index (χ1v) is 9.08. The van der Waals surface area contributed by atoms with E-state index in [1.165, 1.54) is 0 Å². The van der Waals surface area contributed by atoms with Crippen LogP contribution in [0.25, 0.3) is 0 Å². The summed E-state index contributed by atoms with van der Waals surface area (Å²) in [6, 6.07) is 1.65. The lowest BCUT2D eigenvalue weighted by atomic mass is 10.1. The second-order valence-electron chi connectivity index (χ2n) is 4.64. The molecular formula is C13H17NO2Si. The summed E-state index contributed by atoms with van der Waals surface area (Å²) in [4.78, 5) is 15.7. The molecule has 1 heterocycles. The summed E-state index contributed by atoms with van der Waals surface area (Å²) in [5.41, 5.74) is 4.36. The summed E-state index contributed by atoms with van der Waals surface area (Å²) in [7, 11) is -1.46. The van der Waals surface area contributed by atoms with Crippen LogP contribution in [0.5, 0.6) is 0 Å². The van der Waals surface area contributed by atoms with Gasteiger partial charge < -0.3 is 4.74 Å². The van der Waals surface area contributed by atoms with Crippen LogP contribution in [0.1, 0.15) is 22.8 Å². The number of carbonyl (C=O) groups is 1. The van der Waals surface area contributed by atoms with Gasteiger partial charge in [-0.3, -0.25) is 4.98 Å². The van der Waals surface area contributed by atoms with Crippen LogP contribution in [0.3, 0.4) is 0 Å². The van der Waals surface area contributed by atoms with E-state index in [1.807, 2.05) is 0 Å². The van der Waals surface area contributed by atoms with E-state index >= 15 is 0 Å². The highest BCUT2D eigenvalue weighted by Crippen LogP contribution is 2.08. The molecule has 0 bridgehead atoms. The van der Waals surface area contributed by atoms with Gasteiger partial charge in [0.1, 0.15) is 8.07 Å². The van der Waals surface area contributed by atoms with E-state index in [0.29, 0.717) is 17.7 Å². The molecule has 0 atom stereocenters. The standard InChI is InChI=1S/C13H17NO2Si/c1-5-16-13(15)12-6-8-14-10-11(12)7-9-17(2,3)4/h6,8,10H,5H2,1-4H3. The molecule has 0 aliphatic heterocycles. The van der Waals surface area contributed by atoms with E-state index in [-0.39, 0.29) is 5.97 Å². The normalized spacial score (nSPS) is 10.4. The van der Waals surface area contributed by atoms with Crippen molar-refractivity contribution in [1.29, 1.82) is 0 Å². The average molecular weight is 247 g/mol. The molecule has 17 heavy (non-hydrogen) atoms. The van der Waals surface area contributed by atoms with Crippen molar-refractivity contribution in [2.24, 2.45) is 0 Å². The predicted molar refractivity (Wildman–Crippen MR) is 70.4 cm³/mol. The molecule has 0 N–H and O–H groups in total. The Balaban J connectivity index is 3.07. The number of aromatic nitrogens is 1. The van der Waals surface area contributed by atoms with Crippen LogP contribution < -0.4 is 0 Å². The molecule has 1 aromatic heterocycles. The van der Waals surface area contributed by atoms with Gasteiger partial charge in [-0.1, -0.05) is 25.6 Å². The zero-order valence-electron chi connectivity index (χ0n) is 10.7. The molecule has 0 fully saturated rings. The van der Waals surface area contributed by atoms with Crippen molar-refractivity contribution < 1.29 is 9.53 Å². The van der Waals surface area contributed by atoms with Crippen LogP contribution in [0, 0.1) is 11.5 Å². The molecular weight excluding hydrogens is 230 g/mol. The van der Waals surface area contributed by atoms with Gasteiger partial charge in [0.15, 0.2) is 0 Å². The first-order chi connectivity index (χ1) is 7.94. The lowest BCUT2D eigenvalue weighted by Gasteiger charge is -2.05. The van der Waals surface area contributed by atoms with Gasteiger partial charge in [0, 0.05) is 12.4 Å². The van der Waals surface area contributed by atoms with Gasteiger partial charge in [0.2, 0.25) is 0 Å². The highest BCUT2D eigenvalue weighted by Gasteiger charge is 2.12. The van der Waals surface area contributed by atoms with Gasteiger partial charge in [-0.15, -0.1) is 5.54 Å². The maximum atomic E-state index is 11.7. The predicted octanol–water partition coefficient (Wildman–Crippen LogP) is 2.49. The van der Waals surface area contributed by atoms with Crippen molar-refractivity contribution in [1.82, 2.24) is 4.98 Å². The van der Waals surface area contributed by atoms with E-state index < -0.39 is 8.07 Å². The van der Waals surface area contributed by atoms with Crippen LogP contribution in [-0.4, -0.2) is 25.6 Å². The minimum atomic E-state index is -1.46. The minimum Gasteiger partial charge on any atom is -0.462 e. The molecule has 1 aromatic rings. The second kappa shape index (κ2) is 5.64. The Hall–Kier alpha value is -1.60. The van der Waals surface area contributed by atoms with Gasteiger partial charge in [-0.05, 0) is 13.0 Å². The third kappa shape index (κ3) is 4.41. The molecule has 0 radical (unpaired) electrons. The number of esters is 1. The second-order valence-corrected chi connectivity index (χ2v) is 9.39. The topological polar surface area (TPSA) is 39.2 Å². The highest BCUT2D eigenvalue weighted by atomic mass is 28.3. The van der Waals surface area contributed by atoms with Crippen LogP contribution in [0.2, 0.25) is 19.6 Å². The van der Waals surface area contributed by atoms with Crippen molar-refractivity contribution in [3.63, 3.8) is 0 Å². The summed E-state index contributed by atoms with van der Waals surface area (Å²) in [5.74, 6) is 2.70. The molecule has 3 nitrogen and oxygen atoms in total. The van der Waals surface area contributed by atoms with Gasteiger partial charge in [-0.25, -0.2) is 4.79 Å². The number of hydrogen-bond donors (Lipinski definition) is 0. The zero-order valence-corrected chi connectivity index (χ0v) is 11.7. The Morgan fingerprint density at radius 2 is 2.18 bits per heavy atom. The van der Waals surface area contributed by atoms with Gasteiger partial charge >= 0.3 is 5.97 Å². The molecule has 1 rings (SSSR count). The maximum absolute atomic E-state index is 11.7. The Morgan fingerprint density at radius 3 is 2.76 bits per heavy atom. The summed E-state index contributed by atoms with van der Waals surface area (Å²) in [5, 5.41) is 0. The molecule has 0 saturated carbocycles. The molecule has 0 amide bonds. The molecule has 0 aromatic carbocycles. The molecule has 0 aliphatic carbocycles. The molecule has 0 saturated heterocycles. The number of rotatable bonds is 2. The lowest BCUT2D eigenvalue weighted by molar-refractivity contribution is 0.0526. The quantitative estimate of drug-likeness (QED) is 0.458. The fourth-order valence-electron chi connectivity index (χ4n) is 1.14. The molecule has 4 heteroatoms. The fraction of sp³-hybridized carbons (Fsp3) is 0.385. The van der Waals surface area contributed by atoms with E-state index in [1.54, 1.807) is 25.4 Å². The first kappa shape index (κ1) is 13.5. The van der Waals surface area contributed by atoms with Crippen molar-refractivity contribution in [2.45, 2.75) is 26.6 Å². The van der Waals surface area contributed by atoms with Crippen molar-refractivity contribution in [3.8, 4) is 11.5 Å². The zero-order chi connectivity index (χ0) is 12.9.